The van der Waals surface area contributed by atoms with Crippen molar-refractivity contribution in [1.82, 2.24) is 15.0 Å². The van der Waals surface area contributed by atoms with Crippen LogP contribution in [-0.4, -0.2) is 22.1 Å². The van der Waals surface area contributed by atoms with Crippen molar-refractivity contribution in [2.75, 3.05) is 7.11 Å². The number of halogens is 2. The number of hydrogen-bond acceptors (Lipinski definition) is 4. The lowest BCUT2D eigenvalue weighted by molar-refractivity contribution is 0.181. The largest absolute Gasteiger partial charge is 0.378 e. The molecule has 4 nitrogen and oxygen atoms in total. The van der Waals surface area contributed by atoms with Crippen LogP contribution in [0, 0.1) is 10.5 Å². The molecular formula is C12H11ClIN3O. The summed E-state index contributed by atoms with van der Waals surface area (Å²) in [6, 6.07) is 3.85. The number of aromatic nitrogens is 3. The Morgan fingerprint density at radius 2 is 2.17 bits per heavy atom. The van der Waals surface area contributed by atoms with E-state index in [2.05, 4.69) is 37.5 Å². The summed E-state index contributed by atoms with van der Waals surface area (Å²) in [5.74, 6) is 0.524. The van der Waals surface area contributed by atoms with E-state index in [-0.39, 0.29) is 0 Å². The molecule has 0 bridgehead atoms. The molecule has 0 saturated carbocycles. The Hall–Kier alpha value is -0.790. The summed E-state index contributed by atoms with van der Waals surface area (Å²) < 4.78 is 5.92. The SMILES string of the molecule is COCc1nc(-c2cc(C)ccn2)nc(Cl)c1I. The number of pyridine rings is 1. The molecule has 2 aromatic heterocycles. The van der Waals surface area contributed by atoms with Gasteiger partial charge in [-0.25, -0.2) is 9.97 Å². The maximum Gasteiger partial charge on any atom is 0.179 e. The van der Waals surface area contributed by atoms with Gasteiger partial charge in [-0.3, -0.25) is 4.98 Å². The maximum absolute atomic E-state index is 6.10. The maximum atomic E-state index is 6.10. The van der Waals surface area contributed by atoms with Crippen LogP contribution in [0.5, 0.6) is 0 Å². The number of rotatable bonds is 3. The average Bonchev–Trinajstić information content (AvgIpc) is 2.35. The Morgan fingerprint density at radius 1 is 1.39 bits per heavy atom. The van der Waals surface area contributed by atoms with Gasteiger partial charge in [-0.1, -0.05) is 11.6 Å². The van der Waals surface area contributed by atoms with E-state index in [9.17, 15) is 0 Å². The topological polar surface area (TPSA) is 47.9 Å². The van der Waals surface area contributed by atoms with Crippen molar-refractivity contribution in [3.63, 3.8) is 0 Å². The van der Waals surface area contributed by atoms with Crippen molar-refractivity contribution in [3.8, 4) is 11.5 Å². The van der Waals surface area contributed by atoms with E-state index in [0.717, 1.165) is 14.8 Å². The Morgan fingerprint density at radius 3 is 2.83 bits per heavy atom. The minimum Gasteiger partial charge on any atom is -0.378 e. The molecule has 18 heavy (non-hydrogen) atoms. The second kappa shape index (κ2) is 5.90. The lowest BCUT2D eigenvalue weighted by Crippen LogP contribution is -2.02. The van der Waals surface area contributed by atoms with Gasteiger partial charge in [0.05, 0.1) is 15.9 Å². The fourth-order valence-corrected chi connectivity index (χ4v) is 2.05. The van der Waals surface area contributed by atoms with Gasteiger partial charge in [0.2, 0.25) is 0 Å². The van der Waals surface area contributed by atoms with Gasteiger partial charge in [0.15, 0.2) is 5.82 Å². The highest BCUT2D eigenvalue weighted by Crippen LogP contribution is 2.23. The molecule has 0 aliphatic rings. The summed E-state index contributed by atoms with van der Waals surface area (Å²) in [7, 11) is 1.62. The molecule has 0 fully saturated rings. The summed E-state index contributed by atoms with van der Waals surface area (Å²) in [5, 5.41) is 0.427. The number of methoxy groups -OCH3 is 1. The third kappa shape index (κ3) is 2.96. The number of hydrogen-bond donors (Lipinski definition) is 0. The van der Waals surface area contributed by atoms with Gasteiger partial charge < -0.3 is 4.74 Å². The number of aryl methyl sites for hydroxylation is 1. The van der Waals surface area contributed by atoms with Crippen LogP contribution in [0.2, 0.25) is 5.15 Å². The van der Waals surface area contributed by atoms with E-state index < -0.39 is 0 Å². The van der Waals surface area contributed by atoms with Gasteiger partial charge in [-0.15, -0.1) is 0 Å². The zero-order valence-electron chi connectivity index (χ0n) is 9.94. The predicted octanol–water partition coefficient (Wildman–Crippen LogP) is 3.25. The summed E-state index contributed by atoms with van der Waals surface area (Å²) in [5.41, 5.74) is 2.59. The standard InChI is InChI=1S/C12H11ClIN3O/c1-7-3-4-15-8(5-7)12-16-9(6-18-2)10(14)11(13)17-12/h3-5H,6H2,1-2H3. The molecule has 0 aromatic carbocycles. The third-order valence-electron chi connectivity index (χ3n) is 2.30. The molecule has 0 amide bonds. The molecule has 2 aromatic rings. The van der Waals surface area contributed by atoms with Crippen LogP contribution in [-0.2, 0) is 11.3 Å². The molecule has 2 heterocycles. The van der Waals surface area contributed by atoms with Crippen molar-refractivity contribution in [2.45, 2.75) is 13.5 Å². The summed E-state index contributed by atoms with van der Waals surface area (Å²) >= 11 is 8.22. The van der Waals surface area contributed by atoms with Crippen molar-refractivity contribution in [3.05, 3.63) is 38.3 Å². The molecule has 0 saturated heterocycles. The van der Waals surface area contributed by atoms with Crippen LogP contribution in [0.1, 0.15) is 11.3 Å². The lowest BCUT2D eigenvalue weighted by atomic mass is 10.2. The van der Waals surface area contributed by atoms with E-state index in [1.54, 1.807) is 13.3 Å². The van der Waals surface area contributed by atoms with Gasteiger partial charge >= 0.3 is 0 Å². The summed E-state index contributed by atoms with van der Waals surface area (Å²) in [4.78, 5) is 13.0. The molecule has 94 valence electrons. The van der Waals surface area contributed by atoms with Crippen LogP contribution in [0.4, 0.5) is 0 Å². The molecule has 6 heteroatoms. The first-order valence-electron chi connectivity index (χ1n) is 5.25. The highest BCUT2D eigenvalue weighted by atomic mass is 127. The van der Waals surface area contributed by atoms with Crippen molar-refractivity contribution >= 4 is 34.2 Å². The van der Waals surface area contributed by atoms with Crippen molar-refractivity contribution in [2.24, 2.45) is 0 Å². The first kappa shape index (κ1) is 13.6. The molecule has 0 atom stereocenters. The first-order valence-corrected chi connectivity index (χ1v) is 6.71. The van der Waals surface area contributed by atoms with E-state index in [0.29, 0.717) is 23.3 Å². The fourth-order valence-electron chi connectivity index (χ4n) is 1.47. The molecule has 0 unspecified atom stereocenters. The number of nitrogens with zero attached hydrogens (tertiary/aromatic N) is 3. The molecule has 2 rings (SSSR count). The van der Waals surface area contributed by atoms with Gasteiger partial charge in [0.25, 0.3) is 0 Å². The fraction of sp³-hybridized carbons (Fsp3) is 0.250. The monoisotopic (exact) mass is 375 g/mol. The number of ether oxygens (including phenoxy) is 1. The minimum atomic E-state index is 0.402. The van der Waals surface area contributed by atoms with E-state index in [4.69, 9.17) is 16.3 Å². The Bertz CT molecular complexity index is 577. The van der Waals surface area contributed by atoms with Crippen LogP contribution in [0.15, 0.2) is 18.3 Å². The quantitative estimate of drug-likeness (QED) is 0.610. The third-order valence-corrected chi connectivity index (χ3v) is 4.03. The van der Waals surface area contributed by atoms with Gasteiger partial charge in [-0.2, -0.15) is 0 Å². The highest BCUT2D eigenvalue weighted by Gasteiger charge is 2.12. The van der Waals surface area contributed by atoms with Gasteiger partial charge in [0.1, 0.15) is 10.8 Å². The zero-order valence-corrected chi connectivity index (χ0v) is 12.9. The normalized spacial score (nSPS) is 10.7. The molecule has 0 spiro atoms. The summed E-state index contributed by atoms with van der Waals surface area (Å²) in [6.45, 7) is 2.40. The Kier molecular flexibility index (Phi) is 4.47. The predicted molar refractivity (Wildman–Crippen MR) is 78.4 cm³/mol. The molecule has 0 aliphatic carbocycles. The molecular weight excluding hydrogens is 365 g/mol. The average molecular weight is 376 g/mol. The van der Waals surface area contributed by atoms with Crippen LogP contribution in [0.3, 0.4) is 0 Å². The molecule has 0 aliphatic heterocycles. The van der Waals surface area contributed by atoms with Crippen molar-refractivity contribution < 1.29 is 4.74 Å². The highest BCUT2D eigenvalue weighted by molar-refractivity contribution is 14.1. The second-order valence-electron chi connectivity index (χ2n) is 3.75. The van der Waals surface area contributed by atoms with Crippen LogP contribution >= 0.6 is 34.2 Å². The van der Waals surface area contributed by atoms with E-state index in [1.165, 1.54) is 0 Å². The van der Waals surface area contributed by atoms with Crippen molar-refractivity contribution in [1.29, 1.82) is 0 Å². The van der Waals surface area contributed by atoms with Crippen LogP contribution < -0.4 is 0 Å². The Labute approximate surface area is 124 Å². The molecule has 0 radical (unpaired) electrons. The van der Waals surface area contributed by atoms with E-state index in [1.807, 2.05) is 19.1 Å². The minimum absolute atomic E-state index is 0.402. The Balaban J connectivity index is 2.51. The second-order valence-corrected chi connectivity index (χ2v) is 5.19. The van der Waals surface area contributed by atoms with E-state index >= 15 is 0 Å². The van der Waals surface area contributed by atoms with Gasteiger partial charge in [-0.05, 0) is 47.2 Å². The zero-order chi connectivity index (χ0) is 13.1. The smallest absolute Gasteiger partial charge is 0.179 e. The summed E-state index contributed by atoms with van der Waals surface area (Å²) in [6.07, 6.45) is 1.73. The molecule has 0 N–H and O–H groups in total. The van der Waals surface area contributed by atoms with Gasteiger partial charge in [0, 0.05) is 13.3 Å². The van der Waals surface area contributed by atoms with Crippen LogP contribution in [0.25, 0.3) is 11.5 Å². The first-order chi connectivity index (χ1) is 8.61. The lowest BCUT2D eigenvalue weighted by Gasteiger charge is -2.07.